The van der Waals surface area contributed by atoms with Crippen molar-refractivity contribution < 1.29 is 0 Å². The third-order valence-corrected chi connectivity index (χ3v) is 2.55. The van der Waals surface area contributed by atoms with E-state index < -0.39 is 0 Å². The maximum absolute atomic E-state index is 5.89. The maximum atomic E-state index is 5.89. The van der Waals surface area contributed by atoms with Crippen LogP contribution in [0.2, 0.25) is 5.02 Å². The largest absolute Gasteiger partial charge is 0.386 e. The van der Waals surface area contributed by atoms with Gasteiger partial charge in [-0.3, -0.25) is 4.98 Å². The molecule has 0 amide bonds. The van der Waals surface area contributed by atoms with Gasteiger partial charge in [-0.05, 0) is 18.2 Å². The van der Waals surface area contributed by atoms with Crippen LogP contribution in [0.25, 0.3) is 10.9 Å². The molecule has 0 aliphatic heterocycles. The fourth-order valence-corrected chi connectivity index (χ4v) is 1.61. The van der Waals surface area contributed by atoms with Crippen LogP contribution in [0.1, 0.15) is 0 Å². The van der Waals surface area contributed by atoms with Gasteiger partial charge in [-0.1, -0.05) is 17.7 Å². The summed E-state index contributed by atoms with van der Waals surface area (Å²) in [5.74, 6) is 0.568. The van der Waals surface area contributed by atoms with Gasteiger partial charge in [0.05, 0.1) is 22.1 Å². The number of hydrogen-bond donors (Lipinski definition) is 1. The van der Waals surface area contributed by atoms with Crippen LogP contribution in [-0.4, -0.2) is 16.7 Å². The lowest BCUT2D eigenvalue weighted by Gasteiger charge is -2.02. The number of alkyl halides is 1. The molecule has 2 aromatic rings. The Kier molecular flexibility index (Phi) is 3.27. The summed E-state index contributed by atoms with van der Waals surface area (Å²) in [5, 5.41) is 1.43. The third-order valence-electron chi connectivity index (χ3n) is 2.07. The number of aromatic nitrogens is 1. The summed E-state index contributed by atoms with van der Waals surface area (Å²) in [6.45, 7) is 0. The molecule has 82 valence electrons. The number of nitrogens with zero attached hydrogens (tertiary/aromatic N) is 2. The second-order valence-electron chi connectivity index (χ2n) is 3.23. The molecule has 0 fully saturated rings. The maximum Gasteiger partial charge on any atom is 0.115 e. The van der Waals surface area contributed by atoms with Crippen LogP contribution in [0.4, 0.5) is 5.69 Å². The first-order valence-corrected chi connectivity index (χ1v) is 5.55. The van der Waals surface area contributed by atoms with Crippen LogP contribution in [0, 0.1) is 0 Å². The van der Waals surface area contributed by atoms with E-state index in [1.165, 1.54) is 0 Å². The van der Waals surface area contributed by atoms with Gasteiger partial charge >= 0.3 is 0 Å². The predicted octanol–water partition coefficient (Wildman–Crippen LogP) is 3.12. The zero-order valence-electron chi connectivity index (χ0n) is 8.32. The number of benzene rings is 1. The van der Waals surface area contributed by atoms with Crippen molar-refractivity contribution in [2.24, 2.45) is 10.7 Å². The van der Waals surface area contributed by atoms with Gasteiger partial charge in [0.25, 0.3) is 0 Å². The predicted molar refractivity (Wildman–Crippen MR) is 68.8 cm³/mol. The van der Waals surface area contributed by atoms with Crippen LogP contribution < -0.4 is 5.73 Å². The van der Waals surface area contributed by atoms with Gasteiger partial charge in [-0.15, -0.1) is 11.6 Å². The standard InChI is InChI=1S/C11H9Cl2N3/c12-5-11(14)16-10-3-1-2-9-8(10)4-7(13)6-15-9/h1-4,6H,5H2,(H2,14,16). The fraction of sp³-hybridized carbons (Fsp3) is 0.0909. The van der Waals surface area contributed by atoms with Gasteiger partial charge in [-0.25, -0.2) is 4.99 Å². The van der Waals surface area contributed by atoms with Crippen molar-refractivity contribution in [1.82, 2.24) is 4.98 Å². The molecule has 2 rings (SSSR count). The Morgan fingerprint density at radius 1 is 1.44 bits per heavy atom. The molecule has 0 saturated heterocycles. The molecular formula is C11H9Cl2N3. The zero-order valence-corrected chi connectivity index (χ0v) is 9.83. The molecule has 16 heavy (non-hydrogen) atoms. The van der Waals surface area contributed by atoms with Crippen molar-refractivity contribution in [3.8, 4) is 0 Å². The molecule has 1 aromatic heterocycles. The van der Waals surface area contributed by atoms with Crippen molar-refractivity contribution in [3.05, 3.63) is 35.5 Å². The van der Waals surface area contributed by atoms with Crippen molar-refractivity contribution in [2.45, 2.75) is 0 Å². The van der Waals surface area contributed by atoms with E-state index in [-0.39, 0.29) is 5.88 Å². The van der Waals surface area contributed by atoms with Crippen LogP contribution >= 0.6 is 23.2 Å². The molecule has 0 aliphatic carbocycles. The fourth-order valence-electron chi connectivity index (χ4n) is 1.39. The average Bonchev–Trinajstić information content (AvgIpc) is 2.29. The Bertz CT molecular complexity index is 552. The summed E-state index contributed by atoms with van der Waals surface area (Å²) >= 11 is 11.5. The van der Waals surface area contributed by atoms with Crippen molar-refractivity contribution >= 4 is 45.6 Å². The van der Waals surface area contributed by atoms with E-state index in [4.69, 9.17) is 28.9 Å². The summed E-state index contributed by atoms with van der Waals surface area (Å²) in [7, 11) is 0. The van der Waals surface area contributed by atoms with Gasteiger partial charge < -0.3 is 5.73 Å². The van der Waals surface area contributed by atoms with E-state index in [2.05, 4.69) is 9.98 Å². The summed E-state index contributed by atoms with van der Waals surface area (Å²) in [4.78, 5) is 8.41. The van der Waals surface area contributed by atoms with E-state index >= 15 is 0 Å². The molecule has 2 N–H and O–H groups in total. The number of pyridine rings is 1. The Morgan fingerprint density at radius 2 is 2.25 bits per heavy atom. The van der Waals surface area contributed by atoms with Gasteiger partial charge in [0, 0.05) is 11.6 Å². The molecule has 0 bridgehead atoms. The summed E-state index contributed by atoms with van der Waals surface area (Å²) in [6.07, 6.45) is 1.60. The number of hydrogen-bond acceptors (Lipinski definition) is 2. The van der Waals surface area contributed by atoms with Crippen LogP contribution in [-0.2, 0) is 0 Å². The highest BCUT2D eigenvalue weighted by Crippen LogP contribution is 2.26. The highest BCUT2D eigenvalue weighted by Gasteiger charge is 2.02. The zero-order chi connectivity index (χ0) is 11.5. The molecule has 0 saturated carbocycles. The highest BCUT2D eigenvalue weighted by molar-refractivity contribution is 6.31. The normalized spacial score (nSPS) is 12.0. The second kappa shape index (κ2) is 4.68. The molecule has 0 radical (unpaired) electrons. The van der Waals surface area contributed by atoms with Crippen molar-refractivity contribution in [3.63, 3.8) is 0 Å². The lowest BCUT2D eigenvalue weighted by atomic mass is 10.2. The Labute approximate surface area is 103 Å². The number of nitrogens with two attached hydrogens (primary N) is 1. The van der Waals surface area contributed by atoms with Gasteiger partial charge in [0.1, 0.15) is 5.84 Å². The average molecular weight is 254 g/mol. The molecule has 0 unspecified atom stereocenters. The minimum absolute atomic E-state index is 0.199. The molecular weight excluding hydrogens is 245 g/mol. The van der Waals surface area contributed by atoms with Gasteiger partial charge in [-0.2, -0.15) is 0 Å². The minimum atomic E-state index is 0.199. The molecule has 1 heterocycles. The number of halogens is 2. The molecule has 0 atom stereocenters. The van der Waals surface area contributed by atoms with Gasteiger partial charge in [0.2, 0.25) is 0 Å². The van der Waals surface area contributed by atoms with E-state index in [1.807, 2.05) is 24.3 Å². The van der Waals surface area contributed by atoms with E-state index in [9.17, 15) is 0 Å². The number of rotatable bonds is 2. The summed E-state index contributed by atoms with van der Waals surface area (Å²) in [5.41, 5.74) is 7.15. The van der Waals surface area contributed by atoms with Crippen LogP contribution in [0.15, 0.2) is 35.5 Å². The number of aliphatic imine (C=N–C) groups is 1. The number of fused-ring (bicyclic) bond motifs is 1. The van der Waals surface area contributed by atoms with Crippen molar-refractivity contribution in [1.29, 1.82) is 0 Å². The Hall–Kier alpha value is -1.32. The summed E-state index contributed by atoms with van der Waals surface area (Å²) in [6, 6.07) is 7.41. The smallest absolute Gasteiger partial charge is 0.115 e. The second-order valence-corrected chi connectivity index (χ2v) is 3.94. The first-order chi connectivity index (χ1) is 7.70. The Balaban J connectivity index is 2.65. The quantitative estimate of drug-likeness (QED) is 0.508. The van der Waals surface area contributed by atoms with E-state index in [1.54, 1.807) is 6.20 Å². The minimum Gasteiger partial charge on any atom is -0.386 e. The lowest BCUT2D eigenvalue weighted by molar-refractivity contribution is 1.40. The SMILES string of the molecule is NC(CCl)=Nc1cccc2ncc(Cl)cc12. The van der Waals surface area contributed by atoms with E-state index in [0.29, 0.717) is 10.9 Å². The Morgan fingerprint density at radius 3 is 3.00 bits per heavy atom. The number of amidine groups is 1. The molecule has 3 nitrogen and oxygen atoms in total. The van der Waals surface area contributed by atoms with Crippen molar-refractivity contribution in [2.75, 3.05) is 5.88 Å². The first kappa shape index (κ1) is 11.2. The van der Waals surface area contributed by atoms with E-state index in [0.717, 1.165) is 16.6 Å². The van der Waals surface area contributed by atoms with Crippen LogP contribution in [0.5, 0.6) is 0 Å². The third kappa shape index (κ3) is 2.26. The lowest BCUT2D eigenvalue weighted by Crippen LogP contribution is -2.12. The molecule has 5 heteroatoms. The molecule has 1 aromatic carbocycles. The van der Waals surface area contributed by atoms with Crippen LogP contribution in [0.3, 0.4) is 0 Å². The topological polar surface area (TPSA) is 51.3 Å². The van der Waals surface area contributed by atoms with Gasteiger partial charge in [0.15, 0.2) is 0 Å². The highest BCUT2D eigenvalue weighted by atomic mass is 35.5. The first-order valence-electron chi connectivity index (χ1n) is 4.64. The monoisotopic (exact) mass is 253 g/mol. The molecule has 0 aliphatic rings. The summed E-state index contributed by atoms with van der Waals surface area (Å²) < 4.78 is 0. The molecule has 0 spiro atoms.